The Kier molecular flexibility index (Phi) is 9.48. The number of hydrogen-bond acceptors (Lipinski definition) is 7. The minimum absolute atomic E-state index is 0.0241. The third kappa shape index (κ3) is 6.90. The summed E-state index contributed by atoms with van der Waals surface area (Å²) in [5.41, 5.74) is 7.26. The van der Waals surface area contributed by atoms with E-state index >= 15 is 0 Å². The van der Waals surface area contributed by atoms with E-state index in [9.17, 15) is 19.7 Å². The van der Waals surface area contributed by atoms with Crippen molar-refractivity contribution in [2.75, 3.05) is 6.54 Å². The number of fused-ring (bicyclic) bond motifs is 2. The SMILES string of the molecule is CC(C)C[C@H](NC(=O)[C@H](CCCN=C(N)N[N+](=O)[O-])CC(=O)CC1CC2CCC1C2)B1O[C@@H]2C[C@@H]3C[C@@H](C3(C)C)[C@]2(C)O1. The molecule has 0 radical (unpaired) electrons. The summed E-state index contributed by atoms with van der Waals surface area (Å²) in [6.07, 6.45) is 9.40. The lowest BCUT2D eigenvalue weighted by atomic mass is 9.43. The average molecular weight is 602 g/mol. The van der Waals surface area contributed by atoms with Crippen molar-refractivity contribution < 1.29 is 23.9 Å². The van der Waals surface area contributed by atoms with E-state index in [1.165, 1.54) is 19.3 Å². The number of nitrogens with two attached hydrogens (primary N) is 1. The van der Waals surface area contributed by atoms with Crippen LogP contribution in [-0.4, -0.2) is 54.0 Å². The highest BCUT2D eigenvalue weighted by Crippen LogP contribution is 2.65. The van der Waals surface area contributed by atoms with Crippen molar-refractivity contribution in [1.82, 2.24) is 10.7 Å². The number of nitro groups is 1. The first-order valence-electron chi connectivity index (χ1n) is 16.6. The van der Waals surface area contributed by atoms with E-state index in [1.807, 2.05) is 5.43 Å². The highest BCUT2D eigenvalue weighted by molar-refractivity contribution is 6.47. The van der Waals surface area contributed by atoms with Crippen LogP contribution in [0.1, 0.15) is 105 Å². The van der Waals surface area contributed by atoms with E-state index in [0.29, 0.717) is 55.3 Å². The second-order valence-electron chi connectivity index (χ2n) is 15.4. The maximum atomic E-state index is 13.9. The number of hydrazine groups is 1. The van der Waals surface area contributed by atoms with Gasteiger partial charge >= 0.3 is 7.12 Å². The van der Waals surface area contributed by atoms with Crippen LogP contribution in [0.25, 0.3) is 0 Å². The van der Waals surface area contributed by atoms with E-state index in [4.69, 9.17) is 15.0 Å². The van der Waals surface area contributed by atoms with Crippen LogP contribution < -0.4 is 16.5 Å². The van der Waals surface area contributed by atoms with Crippen molar-refractivity contribution in [3.8, 4) is 0 Å². The first-order valence-corrected chi connectivity index (χ1v) is 16.6. The maximum Gasteiger partial charge on any atom is 0.481 e. The van der Waals surface area contributed by atoms with Crippen molar-refractivity contribution >= 4 is 24.8 Å². The number of amides is 1. The summed E-state index contributed by atoms with van der Waals surface area (Å²) in [6.45, 7) is 11.3. The molecule has 1 aliphatic heterocycles. The van der Waals surface area contributed by atoms with Crippen LogP contribution in [0.2, 0.25) is 0 Å². The van der Waals surface area contributed by atoms with E-state index in [-0.39, 0.29) is 53.7 Å². The number of nitrogens with zero attached hydrogens (tertiary/aromatic N) is 2. The van der Waals surface area contributed by atoms with Crippen LogP contribution in [0.4, 0.5) is 0 Å². The molecule has 12 heteroatoms. The Morgan fingerprint density at radius 2 is 1.93 bits per heavy atom. The Labute approximate surface area is 256 Å². The van der Waals surface area contributed by atoms with Crippen molar-refractivity contribution in [1.29, 1.82) is 0 Å². The summed E-state index contributed by atoms with van der Waals surface area (Å²) in [6, 6.07) is 0. The third-order valence-electron chi connectivity index (χ3n) is 11.8. The fourth-order valence-corrected chi connectivity index (χ4v) is 9.39. The lowest BCUT2D eigenvalue weighted by Gasteiger charge is -2.64. The predicted octanol–water partition coefficient (Wildman–Crippen LogP) is 4.06. The standard InChI is InChI=1S/C31H52BN5O6/c1-18(2)11-27(32-42-26-17-23-16-25(30(23,3)4)31(26,5)43-32)35-28(39)21(7-6-10-34-29(33)36-37(40)41)14-24(38)15-22-13-19-8-9-20(22)12-19/h18-23,25-27H,6-17H2,1-5H3,(H,35,39)(H3,33,34,36)/t19?,20?,21-,22?,23+,25+,26-,27+,31+/m1/s1. The number of rotatable bonds is 14. The molecule has 6 fully saturated rings. The fraction of sp³-hybridized carbons (Fsp3) is 0.903. The van der Waals surface area contributed by atoms with E-state index < -0.39 is 18.1 Å². The molecule has 0 aromatic carbocycles. The molecule has 9 atom stereocenters. The smallest absolute Gasteiger partial charge is 0.404 e. The zero-order valence-electron chi connectivity index (χ0n) is 26.7. The monoisotopic (exact) mass is 601 g/mol. The van der Waals surface area contributed by atoms with Crippen LogP contribution in [0.3, 0.4) is 0 Å². The molecule has 240 valence electrons. The van der Waals surface area contributed by atoms with Gasteiger partial charge in [0, 0.05) is 25.3 Å². The zero-order chi connectivity index (χ0) is 31.1. The van der Waals surface area contributed by atoms with Crippen molar-refractivity contribution in [2.45, 2.75) is 123 Å². The molecule has 5 saturated carbocycles. The molecule has 3 unspecified atom stereocenters. The number of carbonyl (C=O) groups excluding carboxylic acids is 2. The predicted molar refractivity (Wildman–Crippen MR) is 164 cm³/mol. The normalized spacial score (nSPS) is 35.3. The fourth-order valence-electron chi connectivity index (χ4n) is 9.39. The van der Waals surface area contributed by atoms with E-state index in [2.05, 4.69) is 44.9 Å². The molecule has 0 aromatic rings. The highest BCUT2D eigenvalue weighted by Gasteiger charge is 2.68. The molecule has 11 nitrogen and oxygen atoms in total. The Hall–Kier alpha value is -2.21. The molecule has 0 spiro atoms. The molecule has 4 N–H and O–H groups in total. The largest absolute Gasteiger partial charge is 0.481 e. The van der Waals surface area contributed by atoms with Crippen LogP contribution in [0, 0.1) is 57.0 Å². The third-order valence-corrected chi connectivity index (χ3v) is 11.8. The summed E-state index contributed by atoms with van der Waals surface area (Å²) < 4.78 is 13.3. The average Bonchev–Trinajstić information content (AvgIpc) is 3.62. The first-order chi connectivity index (χ1) is 20.3. The quantitative estimate of drug-likeness (QED) is 0.0672. The molecule has 1 amide bonds. The van der Waals surface area contributed by atoms with Gasteiger partial charge in [-0.2, -0.15) is 0 Å². The molecule has 6 rings (SSSR count). The van der Waals surface area contributed by atoms with Gasteiger partial charge in [0.1, 0.15) is 5.78 Å². The van der Waals surface area contributed by atoms with Crippen LogP contribution in [0.5, 0.6) is 0 Å². The first kappa shape index (κ1) is 32.2. The number of hydrogen-bond donors (Lipinski definition) is 3. The van der Waals surface area contributed by atoms with Crippen molar-refractivity contribution in [3.63, 3.8) is 0 Å². The summed E-state index contributed by atoms with van der Waals surface area (Å²) in [7, 11) is -0.528. The van der Waals surface area contributed by atoms with Gasteiger partial charge in [-0.05, 0) is 99.2 Å². The van der Waals surface area contributed by atoms with E-state index in [0.717, 1.165) is 25.2 Å². The molecule has 43 heavy (non-hydrogen) atoms. The summed E-state index contributed by atoms with van der Waals surface area (Å²) in [5, 5.41) is 13.1. The van der Waals surface area contributed by atoms with Gasteiger partial charge in [-0.15, -0.1) is 0 Å². The number of carbonyl (C=O) groups is 2. The van der Waals surface area contributed by atoms with Crippen molar-refractivity contribution in [3.05, 3.63) is 10.1 Å². The number of ketones is 1. The number of nitrogens with one attached hydrogen (secondary N) is 2. The molecular weight excluding hydrogens is 549 g/mol. The van der Waals surface area contributed by atoms with Gasteiger partial charge in [0.2, 0.25) is 5.91 Å². The van der Waals surface area contributed by atoms with Gasteiger partial charge in [0.25, 0.3) is 5.96 Å². The van der Waals surface area contributed by atoms with Gasteiger partial charge < -0.3 is 20.4 Å². The molecule has 0 aromatic heterocycles. The van der Waals surface area contributed by atoms with Crippen molar-refractivity contribution in [2.24, 2.45) is 57.6 Å². The Morgan fingerprint density at radius 1 is 1.16 bits per heavy atom. The van der Waals surface area contributed by atoms with E-state index in [1.54, 1.807) is 0 Å². The molecule has 5 aliphatic carbocycles. The topological polar surface area (TPSA) is 158 Å². The number of guanidine groups is 1. The second-order valence-corrected chi connectivity index (χ2v) is 15.4. The number of Topliss-reactive ketones (excluding diaryl/α,β-unsaturated/α-hetero) is 1. The minimum atomic E-state index is -0.758. The Balaban J connectivity index is 1.24. The summed E-state index contributed by atoms with van der Waals surface area (Å²) >= 11 is 0. The molecule has 1 heterocycles. The maximum absolute atomic E-state index is 13.9. The Morgan fingerprint density at radius 3 is 2.56 bits per heavy atom. The highest BCUT2D eigenvalue weighted by atomic mass is 16.7. The van der Waals surface area contributed by atoms with Gasteiger partial charge in [0.15, 0.2) is 5.03 Å². The molecular formula is C31H52BN5O6. The lowest BCUT2D eigenvalue weighted by molar-refractivity contribution is -0.525. The second kappa shape index (κ2) is 12.7. The van der Waals surface area contributed by atoms with Crippen LogP contribution >= 0.6 is 0 Å². The van der Waals surface area contributed by atoms with Crippen LogP contribution in [0.15, 0.2) is 4.99 Å². The Bertz CT molecular complexity index is 1100. The van der Waals surface area contributed by atoms with Gasteiger partial charge in [-0.1, -0.05) is 39.5 Å². The van der Waals surface area contributed by atoms with Gasteiger partial charge in [-0.3, -0.25) is 9.59 Å². The molecule has 4 bridgehead atoms. The summed E-state index contributed by atoms with van der Waals surface area (Å²) in [4.78, 5) is 41.8. The summed E-state index contributed by atoms with van der Waals surface area (Å²) in [5.74, 6) is 2.10. The van der Waals surface area contributed by atoms with Crippen LogP contribution in [-0.2, 0) is 18.9 Å². The molecule has 6 aliphatic rings. The van der Waals surface area contributed by atoms with Gasteiger partial charge in [-0.25, -0.2) is 15.1 Å². The molecule has 1 saturated heterocycles. The van der Waals surface area contributed by atoms with Gasteiger partial charge in [0.05, 0.1) is 17.6 Å². The zero-order valence-corrected chi connectivity index (χ0v) is 26.7. The minimum Gasteiger partial charge on any atom is -0.404 e. The number of aliphatic imine (C=N–C) groups is 1. The lowest BCUT2D eigenvalue weighted by Crippen LogP contribution is -2.65.